The lowest BCUT2D eigenvalue weighted by Crippen LogP contribution is -2.10. The minimum absolute atomic E-state index is 0.212. The highest BCUT2D eigenvalue weighted by Crippen LogP contribution is 2.28. The van der Waals surface area contributed by atoms with Crippen molar-refractivity contribution in [3.8, 4) is 0 Å². The third-order valence-corrected chi connectivity index (χ3v) is 7.18. The maximum Gasteiger partial charge on any atom is 0.0485 e. The molecule has 4 aromatic carbocycles. The molecular formula is C32H36N4. The van der Waals surface area contributed by atoms with Gasteiger partial charge >= 0.3 is 0 Å². The first-order chi connectivity index (χ1) is 17.4. The van der Waals surface area contributed by atoms with Gasteiger partial charge in [0.1, 0.15) is 0 Å². The summed E-state index contributed by atoms with van der Waals surface area (Å²) in [6.07, 6.45) is 0. The number of anilines is 4. The standard InChI is InChI=1S/C32H36N4/c1-21-25-5-13-30(14-6-25)34-23(3)27-9-17-32(18-10-27)36-24(4)28-11-19-31(20-12-28)35-22(2)26-7-15-29(33-21)16-8-26/h5-24,33-36H,1-4H3/t21-,22-,23+,24+. The maximum absolute atomic E-state index is 3.64. The van der Waals surface area contributed by atoms with Crippen molar-refractivity contribution in [2.24, 2.45) is 0 Å². The summed E-state index contributed by atoms with van der Waals surface area (Å²) in [6.45, 7) is 8.81. The van der Waals surface area contributed by atoms with E-state index in [0.29, 0.717) is 0 Å². The Kier molecular flexibility index (Phi) is 6.86. The van der Waals surface area contributed by atoms with Gasteiger partial charge in [0.15, 0.2) is 0 Å². The van der Waals surface area contributed by atoms with Crippen LogP contribution in [0.15, 0.2) is 97.1 Å². The van der Waals surface area contributed by atoms with Gasteiger partial charge in [-0.15, -0.1) is 0 Å². The average molecular weight is 477 g/mol. The van der Waals surface area contributed by atoms with E-state index in [4.69, 9.17) is 0 Å². The molecule has 4 aromatic rings. The summed E-state index contributed by atoms with van der Waals surface area (Å²) in [5, 5.41) is 14.5. The molecule has 184 valence electrons. The van der Waals surface area contributed by atoms with Gasteiger partial charge in [-0.1, -0.05) is 48.5 Å². The molecule has 4 heteroatoms. The minimum atomic E-state index is 0.212. The van der Waals surface area contributed by atoms with E-state index in [0.717, 1.165) is 22.7 Å². The molecular weight excluding hydrogens is 440 g/mol. The van der Waals surface area contributed by atoms with Gasteiger partial charge in [0.05, 0.1) is 0 Å². The molecule has 7 aliphatic heterocycles. The summed E-state index contributed by atoms with van der Waals surface area (Å²) < 4.78 is 0. The second kappa shape index (κ2) is 10.4. The fraction of sp³-hybridized carbons (Fsp3) is 0.250. The van der Waals surface area contributed by atoms with Gasteiger partial charge in [0.2, 0.25) is 0 Å². The van der Waals surface area contributed by atoms with Crippen LogP contribution < -0.4 is 21.3 Å². The third-order valence-electron chi connectivity index (χ3n) is 7.18. The van der Waals surface area contributed by atoms with Crippen LogP contribution in [0.4, 0.5) is 22.7 Å². The maximum atomic E-state index is 3.64. The summed E-state index contributed by atoms with van der Waals surface area (Å²) in [4.78, 5) is 0. The first-order valence-electron chi connectivity index (χ1n) is 12.9. The van der Waals surface area contributed by atoms with Crippen molar-refractivity contribution in [3.05, 3.63) is 119 Å². The van der Waals surface area contributed by atoms with Gasteiger partial charge in [0, 0.05) is 46.9 Å². The molecule has 0 aliphatic carbocycles. The molecule has 4 nitrogen and oxygen atoms in total. The second-order valence-electron chi connectivity index (χ2n) is 9.95. The molecule has 0 amide bonds. The van der Waals surface area contributed by atoms with Crippen LogP contribution in [-0.2, 0) is 0 Å². The van der Waals surface area contributed by atoms with Crippen molar-refractivity contribution in [1.29, 1.82) is 0 Å². The SMILES string of the molecule is C[C@@H]1Nc2ccc(cc2)[C@@H](C)Nc2ccc(cc2)[C@@H](C)Nc2ccc(cc2)[C@H](C)Nc2ccc1cc2. The Bertz CT molecular complexity index is 1060. The monoisotopic (exact) mass is 476 g/mol. The summed E-state index contributed by atoms with van der Waals surface area (Å²) in [6, 6.07) is 35.8. The molecule has 0 unspecified atom stereocenters. The van der Waals surface area contributed by atoms with E-state index in [1.807, 2.05) is 0 Å². The minimum Gasteiger partial charge on any atom is -0.379 e. The molecule has 11 rings (SSSR count). The molecule has 7 aliphatic rings. The smallest absolute Gasteiger partial charge is 0.0485 e. The molecule has 0 saturated carbocycles. The topological polar surface area (TPSA) is 48.1 Å². The average Bonchev–Trinajstić information content (AvgIpc) is 2.89. The highest BCUT2D eigenvalue weighted by molar-refractivity contribution is 5.54. The molecule has 7 heterocycles. The predicted molar refractivity (Wildman–Crippen MR) is 154 cm³/mol. The zero-order valence-corrected chi connectivity index (χ0v) is 21.5. The van der Waals surface area contributed by atoms with Crippen molar-refractivity contribution in [2.75, 3.05) is 21.3 Å². The summed E-state index contributed by atoms with van der Waals surface area (Å²) >= 11 is 0. The first-order valence-corrected chi connectivity index (χ1v) is 12.9. The fourth-order valence-corrected chi connectivity index (χ4v) is 4.81. The highest BCUT2D eigenvalue weighted by Gasteiger charge is 2.11. The number of rotatable bonds is 0. The van der Waals surface area contributed by atoms with Crippen LogP contribution in [-0.4, -0.2) is 0 Å². The Labute approximate surface area is 215 Å². The van der Waals surface area contributed by atoms with E-state index in [1.165, 1.54) is 22.3 Å². The Morgan fingerprint density at radius 1 is 0.306 bits per heavy atom. The van der Waals surface area contributed by atoms with Crippen LogP contribution in [0.1, 0.15) is 74.1 Å². The molecule has 36 heavy (non-hydrogen) atoms. The lowest BCUT2D eigenvalue weighted by molar-refractivity contribution is 0.865. The van der Waals surface area contributed by atoms with Crippen molar-refractivity contribution in [3.63, 3.8) is 0 Å². The quantitative estimate of drug-likeness (QED) is 0.205. The van der Waals surface area contributed by atoms with Crippen LogP contribution in [0.2, 0.25) is 0 Å². The molecule has 0 saturated heterocycles. The Balaban J connectivity index is 1.43. The van der Waals surface area contributed by atoms with Gasteiger partial charge in [-0.25, -0.2) is 0 Å². The molecule has 0 fully saturated rings. The third kappa shape index (κ3) is 5.49. The number of hydrogen-bond donors (Lipinski definition) is 4. The molecule has 0 spiro atoms. The van der Waals surface area contributed by atoms with Gasteiger partial charge in [-0.3, -0.25) is 0 Å². The van der Waals surface area contributed by atoms with Crippen molar-refractivity contribution < 1.29 is 0 Å². The zero-order valence-electron chi connectivity index (χ0n) is 21.5. The first kappa shape index (κ1) is 23.8. The van der Waals surface area contributed by atoms with Crippen molar-refractivity contribution in [2.45, 2.75) is 51.9 Å². The van der Waals surface area contributed by atoms with Crippen molar-refractivity contribution >= 4 is 22.7 Å². The van der Waals surface area contributed by atoms with Crippen LogP contribution >= 0.6 is 0 Å². The Morgan fingerprint density at radius 3 is 0.639 bits per heavy atom. The van der Waals surface area contributed by atoms with E-state index < -0.39 is 0 Å². The summed E-state index contributed by atoms with van der Waals surface area (Å²) in [7, 11) is 0. The van der Waals surface area contributed by atoms with Gasteiger partial charge in [-0.2, -0.15) is 0 Å². The predicted octanol–water partition coefficient (Wildman–Crippen LogP) is 8.69. The van der Waals surface area contributed by atoms with Crippen molar-refractivity contribution in [1.82, 2.24) is 0 Å². The molecule has 8 bridgehead atoms. The van der Waals surface area contributed by atoms with E-state index in [2.05, 4.69) is 146 Å². The van der Waals surface area contributed by atoms with Crippen LogP contribution in [0.25, 0.3) is 0 Å². The normalized spacial score (nSPS) is 21.7. The molecule has 4 N–H and O–H groups in total. The van der Waals surface area contributed by atoms with Crippen LogP contribution in [0.3, 0.4) is 0 Å². The number of benzene rings is 4. The zero-order chi connectivity index (χ0) is 25.1. The second-order valence-corrected chi connectivity index (χ2v) is 9.95. The molecule has 0 radical (unpaired) electrons. The number of nitrogens with one attached hydrogen (secondary N) is 4. The Hall–Kier alpha value is -3.92. The summed E-state index contributed by atoms with van der Waals surface area (Å²) in [5.74, 6) is 0. The van der Waals surface area contributed by atoms with E-state index in [-0.39, 0.29) is 24.2 Å². The van der Waals surface area contributed by atoms with Crippen LogP contribution in [0.5, 0.6) is 0 Å². The highest BCUT2D eigenvalue weighted by atomic mass is 14.9. The largest absolute Gasteiger partial charge is 0.379 e. The van der Waals surface area contributed by atoms with Gasteiger partial charge < -0.3 is 21.3 Å². The molecule has 4 atom stereocenters. The van der Waals surface area contributed by atoms with Gasteiger partial charge in [0.25, 0.3) is 0 Å². The van der Waals surface area contributed by atoms with Crippen LogP contribution in [0, 0.1) is 0 Å². The lowest BCUT2D eigenvalue weighted by Gasteiger charge is -2.21. The number of hydrogen-bond acceptors (Lipinski definition) is 4. The summed E-state index contributed by atoms with van der Waals surface area (Å²) in [5.41, 5.74) is 9.53. The molecule has 0 aromatic heterocycles. The lowest BCUT2D eigenvalue weighted by atomic mass is 10.0. The van der Waals surface area contributed by atoms with Gasteiger partial charge in [-0.05, 0) is 98.5 Å². The Morgan fingerprint density at radius 2 is 0.472 bits per heavy atom. The van der Waals surface area contributed by atoms with E-state index in [1.54, 1.807) is 0 Å². The van der Waals surface area contributed by atoms with E-state index >= 15 is 0 Å². The fourth-order valence-electron chi connectivity index (χ4n) is 4.81. The van der Waals surface area contributed by atoms with E-state index in [9.17, 15) is 0 Å².